The lowest BCUT2D eigenvalue weighted by Crippen LogP contribution is -2.60. The van der Waals surface area contributed by atoms with Crippen LogP contribution in [0.25, 0.3) is 10.8 Å². The zero-order valence-corrected chi connectivity index (χ0v) is 32.8. The van der Waals surface area contributed by atoms with Crippen molar-refractivity contribution in [3.05, 3.63) is 30.5 Å². The van der Waals surface area contributed by atoms with Crippen LogP contribution in [-0.4, -0.2) is 91.7 Å². The van der Waals surface area contributed by atoms with Gasteiger partial charge < -0.3 is 29.7 Å². The van der Waals surface area contributed by atoms with Crippen molar-refractivity contribution in [2.75, 3.05) is 20.3 Å². The Balaban J connectivity index is 1.42. The second kappa shape index (κ2) is 14.6. The lowest BCUT2D eigenvalue weighted by atomic mass is 9.85. The van der Waals surface area contributed by atoms with Gasteiger partial charge in [-0.2, -0.15) is 8.42 Å². The molecule has 5 rings (SSSR count). The number of pyridine rings is 1. The van der Waals surface area contributed by atoms with E-state index in [4.69, 9.17) is 18.4 Å². The van der Waals surface area contributed by atoms with Crippen molar-refractivity contribution in [3.63, 3.8) is 0 Å². The van der Waals surface area contributed by atoms with E-state index in [-0.39, 0.29) is 37.3 Å². The topological polar surface area (TPSA) is 192 Å². The minimum Gasteiger partial charge on any atom is -0.497 e. The molecule has 0 spiro atoms. The average Bonchev–Trinajstić information content (AvgIpc) is 3.93. The van der Waals surface area contributed by atoms with Crippen LogP contribution in [0.1, 0.15) is 87.5 Å². The zero-order valence-electron chi connectivity index (χ0n) is 32.0. The van der Waals surface area contributed by atoms with Gasteiger partial charge in [0.1, 0.15) is 29.5 Å². The lowest BCUT2D eigenvalue weighted by Gasteiger charge is -2.35. The van der Waals surface area contributed by atoms with Gasteiger partial charge in [0.15, 0.2) is 0 Å². The predicted molar refractivity (Wildman–Crippen MR) is 195 cm³/mol. The highest BCUT2D eigenvalue weighted by atomic mass is 32.2. The molecule has 16 heteroatoms. The molecule has 0 bridgehead atoms. The van der Waals surface area contributed by atoms with Gasteiger partial charge in [-0.15, -0.1) is 0 Å². The fourth-order valence-electron chi connectivity index (χ4n) is 6.50. The van der Waals surface area contributed by atoms with Crippen molar-refractivity contribution in [1.82, 2.24) is 25.2 Å². The van der Waals surface area contributed by atoms with E-state index in [9.17, 15) is 27.6 Å². The molecule has 292 valence electrons. The number of benzene rings is 1. The van der Waals surface area contributed by atoms with E-state index in [2.05, 4.69) is 15.6 Å². The summed E-state index contributed by atoms with van der Waals surface area (Å²) in [5.74, 6) is -1.54. The summed E-state index contributed by atoms with van der Waals surface area (Å²) < 4.78 is 49.9. The van der Waals surface area contributed by atoms with E-state index in [0.717, 1.165) is 5.39 Å². The van der Waals surface area contributed by atoms with E-state index >= 15 is 0 Å². The molecule has 2 heterocycles. The molecule has 5 atom stereocenters. The maximum absolute atomic E-state index is 14.5. The number of rotatable bonds is 13. The number of ether oxygens (including phenoxy) is 3. The molecule has 2 aliphatic carbocycles. The number of carbonyl (C=O) groups is 4. The fraction of sp³-hybridized carbons (Fsp3) is 0.649. The lowest BCUT2D eigenvalue weighted by molar-refractivity contribution is -0.143. The Morgan fingerprint density at radius 2 is 1.77 bits per heavy atom. The third-order valence-electron chi connectivity index (χ3n) is 9.91. The summed E-state index contributed by atoms with van der Waals surface area (Å²) in [6.07, 6.45) is 1.87. The highest BCUT2D eigenvalue weighted by Crippen LogP contribution is 2.47. The number of amides is 4. The van der Waals surface area contributed by atoms with Crippen molar-refractivity contribution >= 4 is 44.9 Å². The van der Waals surface area contributed by atoms with Crippen molar-refractivity contribution in [1.29, 1.82) is 0 Å². The van der Waals surface area contributed by atoms with Gasteiger partial charge in [-0.3, -0.25) is 14.4 Å². The number of fused-ring (bicyclic) bond motifs is 1. The minimum absolute atomic E-state index is 0.0192. The third kappa shape index (κ3) is 9.50. The van der Waals surface area contributed by atoms with E-state index in [1.165, 1.54) is 4.90 Å². The Morgan fingerprint density at radius 3 is 2.36 bits per heavy atom. The summed E-state index contributed by atoms with van der Waals surface area (Å²) in [6.45, 7) is 14.6. The summed E-state index contributed by atoms with van der Waals surface area (Å²) >= 11 is 0. The van der Waals surface area contributed by atoms with Crippen LogP contribution in [-0.2, 0) is 33.6 Å². The molecule has 2 saturated carbocycles. The van der Waals surface area contributed by atoms with Gasteiger partial charge in [0.05, 0.1) is 25.9 Å². The molecule has 1 unspecified atom stereocenters. The number of likely N-dealkylation sites (tertiary alicyclic amines) is 1. The Labute approximate surface area is 311 Å². The molecular weight excluding hydrogens is 706 g/mol. The standard InChI is InChI=1S/C37H53N5O10S/c1-10-23-19-37(23,32(45)41-53(47,48)52-36(8)14-15-36)40-29(43)27-18-25(51-30-26-12-11-24(49-9)17-22(26)13-16-38-30)20-42(27)31(44)28(35(5,6)7)39-33(46)50-21-34(2,3)4/h11-13,16-17,23,25,27-28H,10,14-15,18-21H2,1-9H3,(H,39,46)(H,40,43)(H,41,45)/t23?,25-,27+,28-,37-/m1/s1. The smallest absolute Gasteiger partial charge is 0.407 e. The van der Waals surface area contributed by atoms with Crippen LogP contribution in [0.15, 0.2) is 30.5 Å². The van der Waals surface area contributed by atoms with Gasteiger partial charge >= 0.3 is 16.4 Å². The molecule has 53 heavy (non-hydrogen) atoms. The van der Waals surface area contributed by atoms with Crippen LogP contribution in [0.5, 0.6) is 11.6 Å². The van der Waals surface area contributed by atoms with Gasteiger partial charge in [0, 0.05) is 18.0 Å². The van der Waals surface area contributed by atoms with Crippen LogP contribution >= 0.6 is 0 Å². The first-order valence-electron chi connectivity index (χ1n) is 18.0. The van der Waals surface area contributed by atoms with E-state index in [1.807, 2.05) is 50.6 Å². The summed E-state index contributed by atoms with van der Waals surface area (Å²) in [5.41, 5.74) is -3.52. The number of methoxy groups -OCH3 is 1. The fourth-order valence-corrected chi connectivity index (χ4v) is 7.65. The first-order chi connectivity index (χ1) is 24.6. The van der Waals surface area contributed by atoms with Gasteiger partial charge in [-0.1, -0.05) is 54.9 Å². The molecule has 3 fully saturated rings. The Hall–Kier alpha value is -4.18. The number of aromatic nitrogens is 1. The van der Waals surface area contributed by atoms with Gasteiger partial charge in [0.2, 0.25) is 17.7 Å². The molecule has 4 amide bonds. The van der Waals surface area contributed by atoms with Crippen LogP contribution in [0.3, 0.4) is 0 Å². The summed E-state index contributed by atoms with van der Waals surface area (Å²) in [6, 6.07) is 4.97. The van der Waals surface area contributed by atoms with E-state index in [0.29, 0.717) is 36.3 Å². The number of carbonyl (C=O) groups excluding carboxylic acids is 4. The van der Waals surface area contributed by atoms with Crippen LogP contribution in [0.2, 0.25) is 0 Å². The predicted octanol–water partition coefficient (Wildman–Crippen LogP) is 3.99. The molecule has 0 radical (unpaired) electrons. The van der Waals surface area contributed by atoms with Crippen molar-refractivity contribution in [3.8, 4) is 11.6 Å². The Kier molecular flexibility index (Phi) is 11.0. The van der Waals surface area contributed by atoms with Crippen molar-refractivity contribution in [2.24, 2.45) is 16.7 Å². The average molecular weight is 760 g/mol. The molecule has 15 nitrogen and oxygen atoms in total. The monoisotopic (exact) mass is 759 g/mol. The summed E-state index contributed by atoms with van der Waals surface area (Å²) in [5, 5.41) is 7.03. The highest BCUT2D eigenvalue weighted by Gasteiger charge is 2.62. The molecule has 1 aromatic heterocycles. The normalized spacial score (nSPS) is 24.2. The van der Waals surface area contributed by atoms with E-state index < -0.39 is 68.9 Å². The maximum Gasteiger partial charge on any atom is 0.407 e. The molecule has 3 N–H and O–H groups in total. The first-order valence-corrected chi connectivity index (χ1v) is 19.4. The Bertz CT molecular complexity index is 1850. The van der Waals surface area contributed by atoms with Crippen LogP contribution < -0.4 is 24.8 Å². The number of hydrogen-bond acceptors (Lipinski definition) is 11. The van der Waals surface area contributed by atoms with Gasteiger partial charge in [-0.05, 0) is 72.6 Å². The first kappa shape index (κ1) is 40.0. The second-order valence-corrected chi connectivity index (χ2v) is 18.2. The van der Waals surface area contributed by atoms with Gasteiger partial charge in [-0.25, -0.2) is 18.7 Å². The molecule has 2 aromatic rings. The number of nitrogens with one attached hydrogen (secondary N) is 3. The molecule has 1 aliphatic heterocycles. The number of alkyl carbamates (subject to hydrolysis) is 1. The summed E-state index contributed by atoms with van der Waals surface area (Å²) in [4.78, 5) is 61.1. The maximum atomic E-state index is 14.5. The molecule has 3 aliphatic rings. The molecular formula is C37H53N5O10S. The highest BCUT2D eigenvalue weighted by molar-refractivity contribution is 7.85. The number of nitrogens with zero attached hydrogens (tertiary/aromatic N) is 2. The minimum atomic E-state index is -4.45. The Morgan fingerprint density at radius 1 is 1.08 bits per heavy atom. The quantitative estimate of drug-likeness (QED) is 0.268. The third-order valence-corrected chi connectivity index (χ3v) is 11.0. The molecule has 1 saturated heterocycles. The van der Waals surface area contributed by atoms with Crippen LogP contribution in [0.4, 0.5) is 4.79 Å². The largest absolute Gasteiger partial charge is 0.497 e. The zero-order chi connectivity index (χ0) is 39.1. The second-order valence-electron chi connectivity index (χ2n) is 17.0. The SMILES string of the molecule is CCC1C[C@]1(NC(=O)[C@@H]1C[C@@H](Oc2nccc3cc(OC)ccc23)CN1C(=O)[C@@H](NC(=O)OCC(C)(C)C)C(C)(C)C)C(=O)NS(=O)(=O)OC1(C)CC1. The molecule has 1 aromatic carbocycles. The van der Waals surface area contributed by atoms with Crippen LogP contribution in [0, 0.1) is 16.7 Å². The van der Waals surface area contributed by atoms with Crippen molar-refractivity contribution < 1.29 is 46.0 Å². The van der Waals surface area contributed by atoms with Crippen molar-refractivity contribution in [2.45, 2.75) is 117 Å². The van der Waals surface area contributed by atoms with Gasteiger partial charge in [0.25, 0.3) is 5.91 Å². The summed E-state index contributed by atoms with van der Waals surface area (Å²) in [7, 11) is -2.88. The number of hydrogen-bond donors (Lipinski definition) is 3. The van der Waals surface area contributed by atoms with E-state index in [1.54, 1.807) is 47.1 Å².